The van der Waals surface area contributed by atoms with Crippen LogP contribution in [0.4, 0.5) is 0 Å². The maximum atomic E-state index is 6.79. The number of thiophene rings is 1. The van der Waals surface area contributed by atoms with Crippen LogP contribution in [0.15, 0.2) is 84.0 Å². The van der Waals surface area contributed by atoms with Crippen molar-refractivity contribution in [2.24, 2.45) is 0 Å². The molecule has 5 rings (SSSR count). The van der Waals surface area contributed by atoms with Gasteiger partial charge in [0, 0.05) is 15.8 Å². The average molecular weight is 478 g/mol. The average Bonchev–Trinajstić information content (AvgIpc) is 3.41. The Hall–Kier alpha value is -2.80. The Kier molecular flexibility index (Phi) is 6.17. The number of thioether (sulfide) groups is 1. The van der Waals surface area contributed by atoms with Gasteiger partial charge in [-0.05, 0) is 42.3 Å². The van der Waals surface area contributed by atoms with Gasteiger partial charge in [0.2, 0.25) is 0 Å². The van der Waals surface area contributed by atoms with E-state index in [2.05, 4.69) is 45.1 Å². The number of rotatable bonds is 7. The highest BCUT2D eigenvalue weighted by Gasteiger charge is 2.21. The number of aryl methyl sites for hydroxylation is 1. The molecule has 160 valence electrons. The zero-order valence-electron chi connectivity index (χ0n) is 17.4. The molecule has 0 aliphatic rings. The topological polar surface area (TPSA) is 39.9 Å². The molecule has 0 fully saturated rings. The molecule has 0 bridgehead atoms. The first-order chi connectivity index (χ1) is 15.7. The Morgan fingerprint density at radius 1 is 0.938 bits per heavy atom. The van der Waals surface area contributed by atoms with Crippen molar-refractivity contribution in [3.05, 3.63) is 89.4 Å². The summed E-state index contributed by atoms with van der Waals surface area (Å²) in [5, 5.41) is 11.7. The van der Waals surface area contributed by atoms with Crippen LogP contribution in [0.25, 0.3) is 26.5 Å². The molecule has 0 unspecified atom stereocenters. The molecule has 3 aromatic carbocycles. The smallest absolute Gasteiger partial charge is 0.196 e. The van der Waals surface area contributed by atoms with Crippen LogP contribution in [0.5, 0.6) is 5.75 Å². The highest BCUT2D eigenvalue weighted by molar-refractivity contribution is 7.99. The summed E-state index contributed by atoms with van der Waals surface area (Å²) in [6, 6.07) is 26.6. The van der Waals surface area contributed by atoms with Gasteiger partial charge in [0.25, 0.3) is 0 Å². The molecule has 0 spiro atoms. The standard InChI is InChI=1S/C25H20ClN3OS2/c1-30-19-13-11-18(12-14-19)29-24(23-22(26)20-9-5-6-10-21(20)32-23)27-28-25(29)31-16-15-17-7-3-2-4-8-17/h2-14H,15-16H2,1H3. The zero-order valence-corrected chi connectivity index (χ0v) is 19.8. The fraction of sp³-hybridized carbons (Fsp3) is 0.120. The van der Waals surface area contributed by atoms with E-state index >= 15 is 0 Å². The number of ether oxygens (including phenoxy) is 1. The Bertz CT molecular complexity index is 1350. The van der Waals surface area contributed by atoms with Gasteiger partial charge in [0.1, 0.15) is 5.75 Å². The molecule has 2 heterocycles. The minimum absolute atomic E-state index is 0.716. The Morgan fingerprint density at radius 3 is 2.44 bits per heavy atom. The number of halogens is 1. The Balaban J connectivity index is 1.54. The van der Waals surface area contributed by atoms with Crippen LogP contribution in [0.3, 0.4) is 0 Å². The van der Waals surface area contributed by atoms with E-state index < -0.39 is 0 Å². The van der Waals surface area contributed by atoms with Gasteiger partial charge in [0.15, 0.2) is 11.0 Å². The van der Waals surface area contributed by atoms with Crippen LogP contribution in [0.2, 0.25) is 5.02 Å². The Morgan fingerprint density at radius 2 is 1.69 bits per heavy atom. The van der Waals surface area contributed by atoms with Crippen LogP contribution >= 0.6 is 34.7 Å². The van der Waals surface area contributed by atoms with Gasteiger partial charge in [-0.2, -0.15) is 0 Å². The van der Waals surface area contributed by atoms with Crippen molar-refractivity contribution >= 4 is 44.8 Å². The SMILES string of the molecule is COc1ccc(-n2c(SCCc3ccccc3)nnc2-c2sc3ccccc3c2Cl)cc1. The van der Waals surface area contributed by atoms with Gasteiger partial charge in [-0.3, -0.25) is 4.57 Å². The van der Waals surface area contributed by atoms with E-state index in [1.165, 1.54) is 5.56 Å². The normalized spacial score (nSPS) is 11.2. The first-order valence-corrected chi connectivity index (χ1v) is 12.4. The first kappa shape index (κ1) is 21.1. The van der Waals surface area contributed by atoms with Gasteiger partial charge >= 0.3 is 0 Å². The Labute approximate surface area is 199 Å². The van der Waals surface area contributed by atoms with Gasteiger partial charge in [-0.15, -0.1) is 21.5 Å². The molecule has 0 saturated heterocycles. The lowest BCUT2D eigenvalue weighted by Gasteiger charge is -2.11. The molecule has 0 radical (unpaired) electrons. The summed E-state index contributed by atoms with van der Waals surface area (Å²) >= 11 is 10.1. The minimum Gasteiger partial charge on any atom is -0.497 e. The molecule has 2 aromatic heterocycles. The number of methoxy groups -OCH3 is 1. The molecule has 0 aliphatic heterocycles. The molecule has 0 N–H and O–H groups in total. The highest BCUT2D eigenvalue weighted by atomic mass is 35.5. The van der Waals surface area contributed by atoms with E-state index in [1.54, 1.807) is 30.2 Å². The first-order valence-electron chi connectivity index (χ1n) is 10.2. The van der Waals surface area contributed by atoms with E-state index in [0.717, 1.165) is 49.6 Å². The third kappa shape index (κ3) is 4.13. The molecule has 0 atom stereocenters. The number of aromatic nitrogens is 3. The summed E-state index contributed by atoms with van der Waals surface area (Å²) in [4.78, 5) is 0.922. The van der Waals surface area contributed by atoms with Gasteiger partial charge in [-0.1, -0.05) is 71.9 Å². The summed E-state index contributed by atoms with van der Waals surface area (Å²) in [5.74, 6) is 2.46. The third-order valence-corrected chi connectivity index (χ3v) is 7.77. The van der Waals surface area contributed by atoms with Gasteiger partial charge in [-0.25, -0.2) is 0 Å². The van der Waals surface area contributed by atoms with Crippen LogP contribution in [-0.4, -0.2) is 27.6 Å². The predicted octanol–water partition coefficient (Wildman–Crippen LogP) is 7.15. The van der Waals surface area contributed by atoms with E-state index in [1.807, 2.05) is 48.5 Å². The summed E-state index contributed by atoms with van der Waals surface area (Å²) in [5.41, 5.74) is 2.28. The molecular formula is C25H20ClN3OS2. The van der Waals surface area contributed by atoms with Crippen molar-refractivity contribution in [3.8, 4) is 22.1 Å². The summed E-state index contributed by atoms with van der Waals surface area (Å²) in [6.07, 6.45) is 0.958. The maximum absolute atomic E-state index is 6.79. The molecule has 7 heteroatoms. The lowest BCUT2D eigenvalue weighted by Crippen LogP contribution is -2.00. The second-order valence-electron chi connectivity index (χ2n) is 7.17. The molecule has 0 aliphatic carbocycles. The van der Waals surface area contributed by atoms with E-state index in [4.69, 9.17) is 16.3 Å². The summed E-state index contributed by atoms with van der Waals surface area (Å²) < 4.78 is 8.56. The highest BCUT2D eigenvalue weighted by Crippen LogP contribution is 2.42. The second-order valence-corrected chi connectivity index (χ2v) is 9.66. The fourth-order valence-electron chi connectivity index (χ4n) is 3.54. The van der Waals surface area contributed by atoms with Crippen molar-refractivity contribution in [2.75, 3.05) is 12.9 Å². The van der Waals surface area contributed by atoms with Crippen molar-refractivity contribution in [1.82, 2.24) is 14.8 Å². The predicted molar refractivity (Wildman–Crippen MR) is 135 cm³/mol. The van der Waals surface area contributed by atoms with Gasteiger partial charge < -0.3 is 4.74 Å². The monoisotopic (exact) mass is 477 g/mol. The molecule has 4 nitrogen and oxygen atoms in total. The maximum Gasteiger partial charge on any atom is 0.196 e. The summed E-state index contributed by atoms with van der Waals surface area (Å²) in [7, 11) is 1.67. The molecule has 5 aromatic rings. The minimum atomic E-state index is 0.716. The molecular weight excluding hydrogens is 458 g/mol. The molecule has 32 heavy (non-hydrogen) atoms. The number of fused-ring (bicyclic) bond motifs is 1. The van der Waals surface area contributed by atoms with Crippen molar-refractivity contribution in [2.45, 2.75) is 11.6 Å². The number of hydrogen-bond donors (Lipinski definition) is 0. The number of hydrogen-bond acceptors (Lipinski definition) is 5. The van der Waals surface area contributed by atoms with Crippen molar-refractivity contribution in [3.63, 3.8) is 0 Å². The van der Waals surface area contributed by atoms with Crippen LogP contribution in [-0.2, 0) is 6.42 Å². The van der Waals surface area contributed by atoms with E-state index in [-0.39, 0.29) is 0 Å². The summed E-state index contributed by atoms with van der Waals surface area (Å²) in [6.45, 7) is 0. The van der Waals surface area contributed by atoms with Crippen LogP contribution in [0.1, 0.15) is 5.56 Å². The zero-order chi connectivity index (χ0) is 21.9. The molecule has 0 saturated carbocycles. The second kappa shape index (κ2) is 9.36. The van der Waals surface area contributed by atoms with Crippen molar-refractivity contribution in [1.29, 1.82) is 0 Å². The lowest BCUT2D eigenvalue weighted by molar-refractivity contribution is 0.414. The van der Waals surface area contributed by atoms with Crippen molar-refractivity contribution < 1.29 is 4.74 Å². The largest absolute Gasteiger partial charge is 0.497 e. The van der Waals surface area contributed by atoms with Crippen LogP contribution in [0, 0.1) is 0 Å². The van der Waals surface area contributed by atoms with E-state index in [9.17, 15) is 0 Å². The lowest BCUT2D eigenvalue weighted by atomic mass is 10.2. The van der Waals surface area contributed by atoms with Crippen LogP contribution < -0.4 is 4.74 Å². The molecule has 0 amide bonds. The number of benzene rings is 3. The van der Waals surface area contributed by atoms with Gasteiger partial charge in [0.05, 0.1) is 22.7 Å². The van der Waals surface area contributed by atoms with E-state index in [0.29, 0.717) is 5.02 Å². The quantitative estimate of drug-likeness (QED) is 0.233. The fourth-order valence-corrected chi connectivity index (χ4v) is 5.97. The third-order valence-electron chi connectivity index (χ3n) is 5.17. The number of nitrogens with zero attached hydrogens (tertiary/aromatic N) is 3.